The Labute approximate surface area is 94.3 Å². The second-order valence-electron chi connectivity index (χ2n) is 3.93. The van der Waals surface area contributed by atoms with Crippen LogP contribution in [0.2, 0.25) is 0 Å². The lowest BCUT2D eigenvalue weighted by Crippen LogP contribution is -2.24. The molecule has 2 aromatic rings. The number of nitrogens with zero attached hydrogens (tertiary/aromatic N) is 1. The van der Waals surface area contributed by atoms with E-state index in [0.717, 1.165) is 18.5 Å². The quantitative estimate of drug-likeness (QED) is 0.857. The molecule has 15 heavy (non-hydrogen) atoms. The maximum absolute atomic E-state index is 4.59. The summed E-state index contributed by atoms with van der Waals surface area (Å²) in [7, 11) is 0. The Hall–Kier alpha value is -0.930. The van der Waals surface area contributed by atoms with Crippen LogP contribution in [-0.4, -0.2) is 17.6 Å². The fourth-order valence-electron chi connectivity index (χ4n) is 1.49. The molecule has 3 heteroatoms. The van der Waals surface area contributed by atoms with Gasteiger partial charge in [-0.3, -0.25) is 0 Å². The van der Waals surface area contributed by atoms with Crippen molar-refractivity contribution in [1.29, 1.82) is 0 Å². The monoisotopic (exact) mass is 220 g/mol. The number of benzene rings is 1. The second-order valence-corrected chi connectivity index (χ2v) is 5.05. The van der Waals surface area contributed by atoms with Crippen LogP contribution in [-0.2, 0) is 6.42 Å². The molecule has 2 rings (SSSR count). The van der Waals surface area contributed by atoms with Gasteiger partial charge in [0.1, 0.15) is 0 Å². The van der Waals surface area contributed by atoms with Gasteiger partial charge in [-0.05, 0) is 12.1 Å². The molecule has 0 spiro atoms. The van der Waals surface area contributed by atoms with E-state index in [1.165, 1.54) is 9.71 Å². The van der Waals surface area contributed by atoms with Gasteiger partial charge in [0.2, 0.25) is 0 Å². The van der Waals surface area contributed by atoms with Crippen molar-refractivity contribution in [1.82, 2.24) is 10.3 Å². The van der Waals surface area contributed by atoms with Crippen LogP contribution in [0.4, 0.5) is 0 Å². The highest BCUT2D eigenvalue weighted by molar-refractivity contribution is 7.18. The first-order valence-electron chi connectivity index (χ1n) is 5.33. The third kappa shape index (κ3) is 2.76. The molecule has 0 bridgehead atoms. The van der Waals surface area contributed by atoms with Crippen LogP contribution in [0.25, 0.3) is 10.2 Å². The molecule has 0 amide bonds. The maximum atomic E-state index is 4.59. The lowest BCUT2D eigenvalue weighted by Gasteiger charge is -2.05. The van der Waals surface area contributed by atoms with E-state index in [0.29, 0.717) is 6.04 Å². The average molecular weight is 220 g/mol. The lowest BCUT2D eigenvalue weighted by molar-refractivity contribution is 0.590. The van der Waals surface area contributed by atoms with Gasteiger partial charge in [0.05, 0.1) is 15.2 Å². The van der Waals surface area contributed by atoms with Crippen molar-refractivity contribution in [3.8, 4) is 0 Å². The third-order valence-corrected chi connectivity index (χ3v) is 3.33. The van der Waals surface area contributed by atoms with Crippen LogP contribution in [0.15, 0.2) is 24.3 Å². The van der Waals surface area contributed by atoms with E-state index in [-0.39, 0.29) is 0 Å². The third-order valence-electron chi connectivity index (χ3n) is 2.23. The largest absolute Gasteiger partial charge is 0.314 e. The van der Waals surface area contributed by atoms with Gasteiger partial charge >= 0.3 is 0 Å². The van der Waals surface area contributed by atoms with Crippen molar-refractivity contribution in [2.75, 3.05) is 6.54 Å². The summed E-state index contributed by atoms with van der Waals surface area (Å²) in [6, 6.07) is 8.87. The number of hydrogen-bond acceptors (Lipinski definition) is 3. The second kappa shape index (κ2) is 4.73. The molecular weight excluding hydrogens is 204 g/mol. The Morgan fingerprint density at radius 1 is 1.33 bits per heavy atom. The van der Waals surface area contributed by atoms with Crippen LogP contribution >= 0.6 is 11.3 Å². The SMILES string of the molecule is CC(C)NCCc1nc2ccccc2s1. The highest BCUT2D eigenvalue weighted by atomic mass is 32.1. The molecule has 1 aromatic carbocycles. The zero-order valence-electron chi connectivity index (χ0n) is 9.16. The number of rotatable bonds is 4. The summed E-state index contributed by atoms with van der Waals surface area (Å²) in [5.74, 6) is 0. The molecule has 2 nitrogen and oxygen atoms in total. The predicted molar refractivity (Wildman–Crippen MR) is 66.5 cm³/mol. The molecule has 0 unspecified atom stereocenters. The molecule has 1 aromatic heterocycles. The Bertz CT molecular complexity index is 401. The van der Waals surface area contributed by atoms with Gasteiger partial charge in [-0.1, -0.05) is 26.0 Å². The number of hydrogen-bond donors (Lipinski definition) is 1. The van der Waals surface area contributed by atoms with Crippen molar-refractivity contribution >= 4 is 21.6 Å². The first kappa shape index (κ1) is 10.6. The fourth-order valence-corrected chi connectivity index (χ4v) is 2.46. The van der Waals surface area contributed by atoms with E-state index in [1.54, 1.807) is 11.3 Å². The first-order chi connectivity index (χ1) is 7.25. The van der Waals surface area contributed by atoms with E-state index in [2.05, 4.69) is 42.3 Å². The molecule has 1 N–H and O–H groups in total. The topological polar surface area (TPSA) is 24.9 Å². The van der Waals surface area contributed by atoms with Crippen molar-refractivity contribution in [3.05, 3.63) is 29.3 Å². The van der Waals surface area contributed by atoms with E-state index < -0.39 is 0 Å². The normalized spacial score (nSPS) is 11.4. The van der Waals surface area contributed by atoms with Crippen molar-refractivity contribution in [3.63, 3.8) is 0 Å². The molecule has 0 fully saturated rings. The van der Waals surface area contributed by atoms with Gasteiger partial charge in [-0.25, -0.2) is 4.98 Å². The highest BCUT2D eigenvalue weighted by Gasteiger charge is 2.02. The molecule has 0 aliphatic heterocycles. The molecule has 0 aliphatic carbocycles. The van der Waals surface area contributed by atoms with Crippen LogP contribution < -0.4 is 5.32 Å². The van der Waals surface area contributed by atoms with Gasteiger partial charge in [0.15, 0.2) is 0 Å². The van der Waals surface area contributed by atoms with E-state index >= 15 is 0 Å². The predicted octanol–water partition coefficient (Wildman–Crippen LogP) is 2.84. The molecule has 1 heterocycles. The van der Waals surface area contributed by atoms with Gasteiger partial charge in [-0.2, -0.15) is 0 Å². The summed E-state index contributed by atoms with van der Waals surface area (Å²) in [5, 5.41) is 4.63. The summed E-state index contributed by atoms with van der Waals surface area (Å²) in [6.45, 7) is 5.34. The number of para-hydroxylation sites is 1. The minimum atomic E-state index is 0.555. The van der Waals surface area contributed by atoms with E-state index in [1.807, 2.05) is 6.07 Å². The smallest absolute Gasteiger partial charge is 0.0951 e. The molecule has 0 saturated carbocycles. The maximum Gasteiger partial charge on any atom is 0.0951 e. The summed E-state index contributed by atoms with van der Waals surface area (Å²) < 4.78 is 1.29. The minimum Gasteiger partial charge on any atom is -0.314 e. The standard InChI is InChI=1S/C12H16N2S/c1-9(2)13-8-7-12-14-10-5-3-4-6-11(10)15-12/h3-6,9,13H,7-8H2,1-2H3. The molecule has 0 saturated heterocycles. The van der Waals surface area contributed by atoms with Crippen molar-refractivity contribution in [2.24, 2.45) is 0 Å². The summed E-state index contributed by atoms with van der Waals surface area (Å²) in [6.07, 6.45) is 1.03. The average Bonchev–Trinajstić information content (AvgIpc) is 2.59. The van der Waals surface area contributed by atoms with Crippen LogP contribution in [0, 0.1) is 0 Å². The zero-order valence-corrected chi connectivity index (χ0v) is 9.97. The van der Waals surface area contributed by atoms with Crippen LogP contribution in [0.1, 0.15) is 18.9 Å². The lowest BCUT2D eigenvalue weighted by atomic mass is 10.3. The van der Waals surface area contributed by atoms with Gasteiger partial charge in [0.25, 0.3) is 0 Å². The van der Waals surface area contributed by atoms with Gasteiger partial charge < -0.3 is 5.32 Å². The van der Waals surface area contributed by atoms with Crippen LogP contribution in [0.3, 0.4) is 0 Å². The first-order valence-corrected chi connectivity index (χ1v) is 6.15. The number of aromatic nitrogens is 1. The van der Waals surface area contributed by atoms with Crippen molar-refractivity contribution in [2.45, 2.75) is 26.3 Å². The van der Waals surface area contributed by atoms with Crippen LogP contribution in [0.5, 0.6) is 0 Å². The number of nitrogens with one attached hydrogen (secondary N) is 1. The molecule has 0 aliphatic rings. The van der Waals surface area contributed by atoms with Gasteiger partial charge in [0, 0.05) is 19.0 Å². The Morgan fingerprint density at radius 2 is 2.13 bits per heavy atom. The molecule has 0 radical (unpaired) electrons. The van der Waals surface area contributed by atoms with E-state index in [9.17, 15) is 0 Å². The zero-order chi connectivity index (χ0) is 10.7. The Balaban J connectivity index is 2.03. The summed E-state index contributed by atoms with van der Waals surface area (Å²) in [5.41, 5.74) is 1.13. The Morgan fingerprint density at radius 3 is 2.87 bits per heavy atom. The molecule has 0 atom stereocenters. The van der Waals surface area contributed by atoms with Crippen molar-refractivity contribution < 1.29 is 0 Å². The fraction of sp³-hybridized carbons (Fsp3) is 0.417. The van der Waals surface area contributed by atoms with Gasteiger partial charge in [-0.15, -0.1) is 11.3 Å². The number of thiazole rings is 1. The summed E-state index contributed by atoms with van der Waals surface area (Å²) >= 11 is 1.80. The number of fused-ring (bicyclic) bond motifs is 1. The molecule has 80 valence electrons. The Kier molecular flexibility index (Phi) is 3.34. The van der Waals surface area contributed by atoms with E-state index in [4.69, 9.17) is 0 Å². The summed E-state index contributed by atoms with van der Waals surface area (Å²) in [4.78, 5) is 4.59. The highest BCUT2D eigenvalue weighted by Crippen LogP contribution is 2.21. The minimum absolute atomic E-state index is 0.555. The molecular formula is C12H16N2S.